The standard InChI is InChI=1S/C19H20BrN3O/c1-4-16-17(23-11-15(20)9-13(3)18(23)22-16)19(24)21-10-14-7-5-12(2)6-8-14/h5-9,11H,4,10H2,1-3H3,(H,21,24). The van der Waals surface area contributed by atoms with Crippen molar-refractivity contribution in [3.63, 3.8) is 0 Å². The maximum absolute atomic E-state index is 12.8. The molecule has 1 aromatic carbocycles. The van der Waals surface area contributed by atoms with E-state index < -0.39 is 0 Å². The number of amides is 1. The van der Waals surface area contributed by atoms with E-state index in [9.17, 15) is 4.79 Å². The molecule has 4 nitrogen and oxygen atoms in total. The Kier molecular flexibility index (Phi) is 4.71. The monoisotopic (exact) mass is 385 g/mol. The van der Waals surface area contributed by atoms with Crippen molar-refractivity contribution in [3.05, 3.63) is 69.1 Å². The molecular formula is C19H20BrN3O. The first-order chi connectivity index (χ1) is 11.5. The van der Waals surface area contributed by atoms with Crippen molar-refractivity contribution in [2.75, 3.05) is 0 Å². The van der Waals surface area contributed by atoms with Crippen molar-refractivity contribution in [2.45, 2.75) is 33.7 Å². The van der Waals surface area contributed by atoms with Crippen LogP contribution in [0.5, 0.6) is 0 Å². The fourth-order valence-electron chi connectivity index (χ4n) is 2.77. The van der Waals surface area contributed by atoms with E-state index in [1.165, 1.54) is 5.56 Å². The number of pyridine rings is 1. The molecule has 124 valence electrons. The molecule has 24 heavy (non-hydrogen) atoms. The fourth-order valence-corrected chi connectivity index (χ4v) is 3.32. The summed E-state index contributed by atoms with van der Waals surface area (Å²) in [6, 6.07) is 10.2. The van der Waals surface area contributed by atoms with Gasteiger partial charge >= 0.3 is 0 Å². The van der Waals surface area contributed by atoms with Crippen molar-refractivity contribution < 1.29 is 4.79 Å². The van der Waals surface area contributed by atoms with Gasteiger partial charge in [-0.05, 0) is 53.4 Å². The predicted molar refractivity (Wildman–Crippen MR) is 99.4 cm³/mol. The Balaban J connectivity index is 1.92. The number of hydrogen-bond acceptors (Lipinski definition) is 2. The molecule has 3 rings (SSSR count). The van der Waals surface area contributed by atoms with Gasteiger partial charge in [0.1, 0.15) is 11.3 Å². The second-order valence-corrected chi connectivity index (χ2v) is 6.88. The highest BCUT2D eigenvalue weighted by Crippen LogP contribution is 2.21. The number of nitrogens with zero attached hydrogens (tertiary/aromatic N) is 2. The van der Waals surface area contributed by atoms with Gasteiger partial charge in [0.25, 0.3) is 5.91 Å². The van der Waals surface area contributed by atoms with Gasteiger partial charge in [0.15, 0.2) is 0 Å². The lowest BCUT2D eigenvalue weighted by molar-refractivity contribution is 0.0944. The maximum atomic E-state index is 12.8. The van der Waals surface area contributed by atoms with Crippen molar-refractivity contribution >= 4 is 27.5 Å². The van der Waals surface area contributed by atoms with E-state index in [1.807, 2.05) is 54.8 Å². The van der Waals surface area contributed by atoms with E-state index in [0.29, 0.717) is 18.7 Å². The normalized spacial score (nSPS) is 11.0. The van der Waals surface area contributed by atoms with E-state index in [4.69, 9.17) is 0 Å². The van der Waals surface area contributed by atoms with Gasteiger partial charge < -0.3 is 5.32 Å². The van der Waals surface area contributed by atoms with Crippen LogP contribution in [0.1, 0.15) is 39.8 Å². The van der Waals surface area contributed by atoms with Crippen molar-refractivity contribution in [2.24, 2.45) is 0 Å². The molecule has 0 unspecified atom stereocenters. The van der Waals surface area contributed by atoms with E-state index in [0.717, 1.165) is 26.9 Å². The Bertz CT molecular complexity index is 897. The molecule has 0 atom stereocenters. The van der Waals surface area contributed by atoms with Gasteiger partial charge in [-0.3, -0.25) is 9.20 Å². The summed E-state index contributed by atoms with van der Waals surface area (Å²) in [7, 11) is 0. The van der Waals surface area contributed by atoms with Crippen molar-refractivity contribution in [1.29, 1.82) is 0 Å². The SMILES string of the molecule is CCc1nc2c(C)cc(Br)cn2c1C(=O)NCc1ccc(C)cc1. The number of aromatic nitrogens is 2. The zero-order chi connectivity index (χ0) is 17.3. The summed E-state index contributed by atoms with van der Waals surface area (Å²) in [6.07, 6.45) is 2.61. The molecular weight excluding hydrogens is 366 g/mol. The summed E-state index contributed by atoms with van der Waals surface area (Å²) in [5, 5.41) is 3.01. The molecule has 1 amide bonds. The number of halogens is 1. The van der Waals surface area contributed by atoms with Gasteiger partial charge in [0, 0.05) is 17.2 Å². The number of nitrogens with one attached hydrogen (secondary N) is 1. The van der Waals surface area contributed by atoms with Gasteiger partial charge in [-0.1, -0.05) is 36.8 Å². The lowest BCUT2D eigenvalue weighted by atomic mass is 10.1. The number of hydrogen-bond donors (Lipinski definition) is 1. The molecule has 0 saturated carbocycles. The topological polar surface area (TPSA) is 46.4 Å². The zero-order valence-corrected chi connectivity index (χ0v) is 15.6. The number of carbonyl (C=O) groups excluding carboxylic acids is 1. The molecule has 5 heteroatoms. The molecule has 0 aliphatic heterocycles. The summed E-state index contributed by atoms with van der Waals surface area (Å²) in [6.45, 7) is 6.57. The number of imidazole rings is 1. The van der Waals surface area contributed by atoms with Gasteiger partial charge in [-0.25, -0.2) is 4.98 Å². The Hall–Kier alpha value is -2.14. The Morgan fingerprint density at radius 1 is 1.25 bits per heavy atom. The smallest absolute Gasteiger partial charge is 0.270 e. The average Bonchev–Trinajstić information content (AvgIpc) is 2.93. The van der Waals surface area contributed by atoms with Crippen LogP contribution in [0.2, 0.25) is 0 Å². The first-order valence-electron chi connectivity index (χ1n) is 8.00. The highest BCUT2D eigenvalue weighted by atomic mass is 79.9. The molecule has 0 fully saturated rings. The third-order valence-corrected chi connectivity index (χ3v) is 4.50. The largest absolute Gasteiger partial charge is 0.347 e. The Morgan fingerprint density at radius 2 is 1.96 bits per heavy atom. The molecule has 1 N–H and O–H groups in total. The number of fused-ring (bicyclic) bond motifs is 1. The molecule has 2 heterocycles. The van der Waals surface area contributed by atoms with Crippen LogP contribution in [0.15, 0.2) is 41.0 Å². The fraction of sp³-hybridized carbons (Fsp3) is 0.263. The van der Waals surface area contributed by atoms with Crippen LogP contribution >= 0.6 is 15.9 Å². The van der Waals surface area contributed by atoms with E-state index in [1.54, 1.807) is 0 Å². The minimum absolute atomic E-state index is 0.0996. The van der Waals surface area contributed by atoms with Gasteiger partial charge in [0.2, 0.25) is 0 Å². The summed E-state index contributed by atoms with van der Waals surface area (Å²) < 4.78 is 2.81. The van der Waals surface area contributed by atoms with E-state index in [2.05, 4.69) is 33.2 Å². The molecule has 0 bridgehead atoms. The van der Waals surface area contributed by atoms with E-state index >= 15 is 0 Å². The number of rotatable bonds is 4. The van der Waals surface area contributed by atoms with Gasteiger partial charge in [-0.15, -0.1) is 0 Å². The zero-order valence-electron chi connectivity index (χ0n) is 14.1. The summed E-state index contributed by atoms with van der Waals surface area (Å²) in [4.78, 5) is 17.4. The second-order valence-electron chi connectivity index (χ2n) is 5.96. The van der Waals surface area contributed by atoms with Gasteiger partial charge in [0.05, 0.1) is 5.69 Å². The highest BCUT2D eigenvalue weighted by Gasteiger charge is 2.19. The third kappa shape index (κ3) is 3.22. The summed E-state index contributed by atoms with van der Waals surface area (Å²) in [5.41, 5.74) is 5.59. The molecule has 0 spiro atoms. The van der Waals surface area contributed by atoms with Crippen LogP contribution < -0.4 is 5.32 Å². The minimum Gasteiger partial charge on any atom is -0.347 e. The molecule has 0 radical (unpaired) electrons. The molecule has 0 aliphatic carbocycles. The molecule has 3 aromatic rings. The second kappa shape index (κ2) is 6.77. The number of benzene rings is 1. The summed E-state index contributed by atoms with van der Waals surface area (Å²) >= 11 is 3.50. The lowest BCUT2D eigenvalue weighted by Gasteiger charge is -2.08. The van der Waals surface area contributed by atoms with Crippen LogP contribution in [0.25, 0.3) is 5.65 Å². The average molecular weight is 386 g/mol. The van der Waals surface area contributed by atoms with Crippen molar-refractivity contribution in [3.8, 4) is 0 Å². The Morgan fingerprint density at radius 3 is 2.62 bits per heavy atom. The van der Waals surface area contributed by atoms with Crippen LogP contribution in [0.4, 0.5) is 0 Å². The van der Waals surface area contributed by atoms with Gasteiger partial charge in [-0.2, -0.15) is 0 Å². The first-order valence-corrected chi connectivity index (χ1v) is 8.79. The highest BCUT2D eigenvalue weighted by molar-refractivity contribution is 9.10. The van der Waals surface area contributed by atoms with E-state index in [-0.39, 0.29) is 5.91 Å². The maximum Gasteiger partial charge on any atom is 0.270 e. The number of carbonyl (C=O) groups is 1. The minimum atomic E-state index is -0.0996. The third-order valence-electron chi connectivity index (χ3n) is 4.07. The number of aryl methyl sites for hydroxylation is 3. The summed E-state index contributed by atoms with van der Waals surface area (Å²) in [5.74, 6) is -0.0996. The Labute approximate surface area is 150 Å². The quantitative estimate of drug-likeness (QED) is 0.730. The predicted octanol–water partition coefficient (Wildman–Crippen LogP) is 4.21. The van der Waals surface area contributed by atoms with Crippen molar-refractivity contribution in [1.82, 2.24) is 14.7 Å². The van der Waals surface area contributed by atoms with Crippen LogP contribution in [-0.4, -0.2) is 15.3 Å². The lowest BCUT2D eigenvalue weighted by Crippen LogP contribution is -2.25. The van der Waals surface area contributed by atoms with Crippen LogP contribution in [-0.2, 0) is 13.0 Å². The molecule has 0 saturated heterocycles. The van der Waals surface area contributed by atoms with Crippen LogP contribution in [0.3, 0.4) is 0 Å². The molecule has 2 aromatic heterocycles. The first kappa shape index (κ1) is 16.7. The van der Waals surface area contributed by atoms with Crippen LogP contribution in [0, 0.1) is 13.8 Å². The molecule has 0 aliphatic rings.